The lowest BCUT2D eigenvalue weighted by molar-refractivity contribution is -0.384. The monoisotopic (exact) mass is 457 g/mol. The Balaban J connectivity index is 0.00000363. The predicted molar refractivity (Wildman–Crippen MR) is 129 cm³/mol. The molecule has 0 unspecified atom stereocenters. The number of methoxy groups -OCH3 is 1. The molecule has 32 heavy (non-hydrogen) atoms. The molecule has 8 heteroatoms. The van der Waals surface area contributed by atoms with Crippen molar-refractivity contribution in [2.45, 2.75) is 13.0 Å². The van der Waals surface area contributed by atoms with E-state index < -0.39 is 4.92 Å². The average molecular weight is 458 g/mol. The third-order valence-corrected chi connectivity index (χ3v) is 4.76. The third-order valence-electron chi connectivity index (χ3n) is 4.76. The highest BCUT2D eigenvalue weighted by Crippen LogP contribution is 2.28. The number of hydrogen-bond acceptors (Lipinski definition) is 6. The first kappa shape index (κ1) is 25.0. The first-order chi connectivity index (χ1) is 15.2. The molecule has 3 aromatic rings. The fraction of sp³-hybridized carbons (Fsp3) is 0.250. The van der Waals surface area contributed by atoms with E-state index in [-0.39, 0.29) is 18.1 Å². The molecule has 0 fully saturated rings. The minimum absolute atomic E-state index is 0. The van der Waals surface area contributed by atoms with Crippen molar-refractivity contribution in [1.82, 2.24) is 5.32 Å². The summed E-state index contributed by atoms with van der Waals surface area (Å²) >= 11 is 0. The molecule has 2 N–H and O–H groups in total. The van der Waals surface area contributed by atoms with Crippen molar-refractivity contribution < 1.29 is 14.4 Å². The number of nitrogens with one attached hydrogen (secondary N) is 2. The summed E-state index contributed by atoms with van der Waals surface area (Å²) in [7, 11) is 1.64. The second-order valence-electron chi connectivity index (χ2n) is 6.98. The Morgan fingerprint density at radius 3 is 2.34 bits per heavy atom. The zero-order valence-electron chi connectivity index (χ0n) is 18.0. The highest BCUT2D eigenvalue weighted by Gasteiger charge is 2.07. The number of ether oxygens (including phenoxy) is 2. The van der Waals surface area contributed by atoms with Gasteiger partial charge >= 0.3 is 0 Å². The van der Waals surface area contributed by atoms with E-state index in [1.807, 2.05) is 36.4 Å². The lowest BCUT2D eigenvalue weighted by atomic mass is 10.1. The topological polar surface area (TPSA) is 85.7 Å². The van der Waals surface area contributed by atoms with Crippen LogP contribution in [0.25, 0.3) is 0 Å². The van der Waals surface area contributed by atoms with Gasteiger partial charge in [-0.05, 0) is 35.4 Å². The van der Waals surface area contributed by atoms with Gasteiger partial charge in [-0.2, -0.15) is 0 Å². The Labute approximate surface area is 194 Å². The van der Waals surface area contributed by atoms with Gasteiger partial charge < -0.3 is 20.1 Å². The normalized spacial score (nSPS) is 10.2. The maximum atomic E-state index is 10.7. The summed E-state index contributed by atoms with van der Waals surface area (Å²) in [5, 5.41) is 17.3. The van der Waals surface area contributed by atoms with E-state index in [9.17, 15) is 10.1 Å². The van der Waals surface area contributed by atoms with Gasteiger partial charge in [0.15, 0.2) is 11.5 Å². The van der Waals surface area contributed by atoms with Gasteiger partial charge in [0.2, 0.25) is 0 Å². The Morgan fingerprint density at radius 2 is 1.66 bits per heavy atom. The first-order valence-corrected chi connectivity index (χ1v) is 10.2. The molecule has 0 aliphatic rings. The molecule has 0 saturated carbocycles. The lowest BCUT2D eigenvalue weighted by Gasteiger charge is -2.13. The third kappa shape index (κ3) is 7.76. The number of hydrogen-bond donors (Lipinski definition) is 2. The molecule has 0 aliphatic carbocycles. The van der Waals surface area contributed by atoms with Crippen LogP contribution in [-0.2, 0) is 13.0 Å². The maximum absolute atomic E-state index is 10.7. The van der Waals surface area contributed by atoms with Crippen molar-refractivity contribution in [1.29, 1.82) is 0 Å². The quantitative estimate of drug-likeness (QED) is 0.230. The van der Waals surface area contributed by atoms with Crippen molar-refractivity contribution in [3.05, 3.63) is 94.0 Å². The fourth-order valence-electron chi connectivity index (χ4n) is 3.09. The summed E-state index contributed by atoms with van der Waals surface area (Å²) in [6, 6.07) is 22.6. The molecular weight excluding hydrogens is 430 g/mol. The molecule has 7 nitrogen and oxygen atoms in total. The molecule has 3 rings (SSSR count). The van der Waals surface area contributed by atoms with Crippen LogP contribution in [0.3, 0.4) is 0 Å². The lowest BCUT2D eigenvalue weighted by Crippen LogP contribution is -2.21. The van der Waals surface area contributed by atoms with Crippen molar-refractivity contribution in [2.75, 3.05) is 32.1 Å². The van der Waals surface area contributed by atoms with Crippen molar-refractivity contribution in [2.24, 2.45) is 0 Å². The van der Waals surface area contributed by atoms with E-state index in [0.717, 1.165) is 35.7 Å². The highest BCUT2D eigenvalue weighted by atomic mass is 35.5. The molecule has 0 bridgehead atoms. The van der Waals surface area contributed by atoms with Gasteiger partial charge in [0.05, 0.1) is 18.6 Å². The standard InChI is InChI=1S/C24H27N3O4.ClH/c1-30-24-17-20(7-12-23(24)31-16-13-19-5-3-2-4-6-19)18-25-14-15-26-21-8-10-22(11-9-21)27(28)29;/h2-12,17,25-26H,13-16,18H2,1H3;1H. The van der Waals surface area contributed by atoms with Crippen LogP contribution in [0, 0.1) is 10.1 Å². The molecule has 0 aliphatic heterocycles. The molecule has 0 aromatic heterocycles. The van der Waals surface area contributed by atoms with E-state index in [1.165, 1.54) is 17.7 Å². The number of nitro groups is 1. The second-order valence-corrected chi connectivity index (χ2v) is 6.98. The zero-order chi connectivity index (χ0) is 21.9. The van der Waals surface area contributed by atoms with Crippen LogP contribution < -0.4 is 20.1 Å². The molecule has 0 radical (unpaired) electrons. The Bertz CT molecular complexity index is 969. The molecule has 0 atom stereocenters. The molecule has 0 amide bonds. The highest BCUT2D eigenvalue weighted by molar-refractivity contribution is 5.85. The maximum Gasteiger partial charge on any atom is 0.269 e. The van der Waals surface area contributed by atoms with Crippen molar-refractivity contribution >= 4 is 23.8 Å². The largest absolute Gasteiger partial charge is 0.493 e. The van der Waals surface area contributed by atoms with E-state index in [2.05, 4.69) is 22.8 Å². The van der Waals surface area contributed by atoms with Crippen LogP contribution in [0.15, 0.2) is 72.8 Å². The van der Waals surface area contributed by atoms with Crippen LogP contribution in [0.5, 0.6) is 11.5 Å². The number of benzene rings is 3. The minimum atomic E-state index is -0.404. The van der Waals surface area contributed by atoms with Crippen LogP contribution in [0.1, 0.15) is 11.1 Å². The van der Waals surface area contributed by atoms with Crippen molar-refractivity contribution in [3.63, 3.8) is 0 Å². The first-order valence-electron chi connectivity index (χ1n) is 10.2. The van der Waals surface area contributed by atoms with E-state index in [1.54, 1.807) is 19.2 Å². The summed E-state index contributed by atoms with van der Waals surface area (Å²) in [4.78, 5) is 10.3. The number of anilines is 1. The van der Waals surface area contributed by atoms with Gasteiger partial charge in [0.1, 0.15) is 0 Å². The zero-order valence-corrected chi connectivity index (χ0v) is 18.8. The van der Waals surface area contributed by atoms with Crippen molar-refractivity contribution in [3.8, 4) is 11.5 Å². The second kappa shape index (κ2) is 13.2. The SMILES string of the molecule is COc1cc(CNCCNc2ccc([N+](=O)[O-])cc2)ccc1OCCc1ccccc1.Cl. The molecule has 0 spiro atoms. The Morgan fingerprint density at radius 1 is 0.906 bits per heavy atom. The number of halogens is 1. The molecule has 0 heterocycles. The summed E-state index contributed by atoms with van der Waals surface area (Å²) in [5.74, 6) is 1.46. The van der Waals surface area contributed by atoms with Crippen LogP contribution in [0.4, 0.5) is 11.4 Å². The Kier molecular flexibility index (Phi) is 10.3. The van der Waals surface area contributed by atoms with Gasteiger partial charge in [-0.1, -0.05) is 36.4 Å². The number of nitrogens with zero attached hydrogens (tertiary/aromatic N) is 1. The molecular formula is C24H28ClN3O4. The minimum Gasteiger partial charge on any atom is -0.493 e. The smallest absolute Gasteiger partial charge is 0.269 e. The Hall–Kier alpha value is -3.29. The van der Waals surface area contributed by atoms with E-state index in [4.69, 9.17) is 9.47 Å². The van der Waals surface area contributed by atoms with Gasteiger partial charge in [0, 0.05) is 43.9 Å². The van der Waals surface area contributed by atoms with Crippen LogP contribution in [-0.4, -0.2) is 31.7 Å². The van der Waals surface area contributed by atoms with Crippen LogP contribution >= 0.6 is 12.4 Å². The number of non-ortho nitro benzene ring substituents is 1. The average Bonchev–Trinajstić information content (AvgIpc) is 2.80. The van der Waals surface area contributed by atoms with Gasteiger partial charge in [-0.15, -0.1) is 12.4 Å². The summed E-state index contributed by atoms with van der Waals surface area (Å²) in [6.45, 7) is 2.74. The predicted octanol–water partition coefficient (Wildman–Crippen LogP) is 4.85. The fourth-order valence-corrected chi connectivity index (χ4v) is 3.09. The van der Waals surface area contributed by atoms with E-state index >= 15 is 0 Å². The van der Waals surface area contributed by atoms with Gasteiger partial charge in [0.25, 0.3) is 5.69 Å². The van der Waals surface area contributed by atoms with E-state index in [0.29, 0.717) is 19.7 Å². The molecule has 3 aromatic carbocycles. The summed E-state index contributed by atoms with van der Waals surface area (Å²) in [6.07, 6.45) is 0.842. The molecule has 0 saturated heterocycles. The summed E-state index contributed by atoms with van der Waals surface area (Å²) in [5.41, 5.74) is 3.28. The summed E-state index contributed by atoms with van der Waals surface area (Å²) < 4.78 is 11.4. The number of nitro benzene ring substituents is 1. The van der Waals surface area contributed by atoms with Crippen LogP contribution in [0.2, 0.25) is 0 Å². The molecule has 170 valence electrons. The van der Waals surface area contributed by atoms with Gasteiger partial charge in [-0.3, -0.25) is 10.1 Å². The number of rotatable bonds is 12. The van der Waals surface area contributed by atoms with Gasteiger partial charge in [-0.25, -0.2) is 0 Å².